The average Bonchev–Trinajstić information content (AvgIpc) is 3.20. The largest absolute Gasteiger partial charge is 0.497 e. The van der Waals surface area contributed by atoms with Gasteiger partial charge in [-0.15, -0.1) is 10.2 Å². The predicted octanol–water partition coefficient (Wildman–Crippen LogP) is 3.95. The van der Waals surface area contributed by atoms with Gasteiger partial charge in [-0.25, -0.2) is 0 Å². The van der Waals surface area contributed by atoms with E-state index in [0.717, 1.165) is 27.9 Å². The van der Waals surface area contributed by atoms with E-state index < -0.39 is 0 Å². The molecule has 9 heteroatoms. The van der Waals surface area contributed by atoms with Crippen LogP contribution in [0.5, 0.6) is 17.2 Å². The molecule has 4 aromatic rings. The Hall–Kier alpha value is -3.46. The minimum absolute atomic E-state index is 0.162. The van der Waals surface area contributed by atoms with Gasteiger partial charge in [0.2, 0.25) is 5.91 Å². The number of pyridine rings is 1. The molecular weight excluding hydrogens is 416 g/mol. The number of nitrogens with one attached hydrogen (secondary N) is 1. The zero-order valence-electron chi connectivity index (χ0n) is 17.6. The molecule has 1 amide bonds. The van der Waals surface area contributed by atoms with Gasteiger partial charge >= 0.3 is 0 Å². The smallest absolute Gasteiger partial charge is 0.234 e. The Labute approximate surface area is 183 Å². The fourth-order valence-corrected chi connectivity index (χ4v) is 4.09. The van der Waals surface area contributed by atoms with Gasteiger partial charge in [-0.2, -0.15) is 0 Å². The van der Waals surface area contributed by atoms with Crippen molar-refractivity contribution in [3.8, 4) is 17.2 Å². The van der Waals surface area contributed by atoms with Crippen LogP contribution >= 0.6 is 11.8 Å². The molecule has 0 aliphatic heterocycles. The number of benzene rings is 2. The summed E-state index contributed by atoms with van der Waals surface area (Å²) in [6.07, 6.45) is 0. The van der Waals surface area contributed by atoms with E-state index in [4.69, 9.17) is 14.2 Å². The van der Waals surface area contributed by atoms with Crippen LogP contribution in [-0.2, 0) is 4.79 Å². The molecule has 4 rings (SSSR count). The van der Waals surface area contributed by atoms with E-state index in [1.54, 1.807) is 39.5 Å². The van der Waals surface area contributed by atoms with Crippen molar-refractivity contribution in [2.45, 2.75) is 12.1 Å². The minimum Gasteiger partial charge on any atom is -0.497 e. The van der Waals surface area contributed by atoms with Gasteiger partial charge in [-0.1, -0.05) is 11.8 Å². The van der Waals surface area contributed by atoms with Gasteiger partial charge in [-0.3, -0.25) is 9.20 Å². The molecule has 8 nitrogen and oxygen atoms in total. The zero-order chi connectivity index (χ0) is 22.0. The molecule has 2 aromatic carbocycles. The second-order valence-electron chi connectivity index (χ2n) is 6.79. The summed E-state index contributed by atoms with van der Waals surface area (Å²) in [7, 11) is 4.75. The van der Waals surface area contributed by atoms with Crippen LogP contribution in [0.2, 0.25) is 0 Å². The van der Waals surface area contributed by atoms with Crippen molar-refractivity contribution < 1.29 is 19.0 Å². The molecule has 31 heavy (non-hydrogen) atoms. The second kappa shape index (κ2) is 8.73. The molecule has 2 aromatic heterocycles. The SMILES string of the molecule is COc1ccc(NC(=O)CSc2nnc3cc(C)c4ccc(OC)cc4n23)c(OC)c1. The van der Waals surface area contributed by atoms with Crippen LogP contribution in [0.15, 0.2) is 47.6 Å². The minimum atomic E-state index is -0.181. The summed E-state index contributed by atoms with van der Waals surface area (Å²) in [5.41, 5.74) is 3.32. The summed E-state index contributed by atoms with van der Waals surface area (Å²) in [6.45, 7) is 2.03. The van der Waals surface area contributed by atoms with Crippen molar-refractivity contribution in [2.24, 2.45) is 0 Å². The number of aromatic nitrogens is 3. The van der Waals surface area contributed by atoms with Gasteiger partial charge in [0.05, 0.1) is 38.3 Å². The monoisotopic (exact) mass is 438 g/mol. The van der Waals surface area contributed by atoms with Gasteiger partial charge < -0.3 is 19.5 Å². The number of rotatable bonds is 7. The molecule has 0 fully saturated rings. The molecule has 0 radical (unpaired) electrons. The fraction of sp³-hybridized carbons (Fsp3) is 0.227. The Bertz CT molecular complexity index is 1270. The molecule has 0 bridgehead atoms. The first kappa shape index (κ1) is 20.8. The first-order valence-electron chi connectivity index (χ1n) is 9.51. The van der Waals surface area contributed by atoms with Gasteiger partial charge in [0.1, 0.15) is 17.2 Å². The number of methoxy groups -OCH3 is 3. The van der Waals surface area contributed by atoms with Crippen LogP contribution in [-0.4, -0.2) is 47.6 Å². The third kappa shape index (κ3) is 4.09. The number of thioether (sulfide) groups is 1. The fourth-order valence-electron chi connectivity index (χ4n) is 3.34. The lowest BCUT2D eigenvalue weighted by Gasteiger charge is -2.11. The maximum atomic E-state index is 12.6. The maximum Gasteiger partial charge on any atom is 0.234 e. The number of anilines is 1. The van der Waals surface area contributed by atoms with Crippen molar-refractivity contribution in [2.75, 3.05) is 32.4 Å². The van der Waals surface area contributed by atoms with Crippen LogP contribution in [0.3, 0.4) is 0 Å². The topological polar surface area (TPSA) is 87.0 Å². The van der Waals surface area contributed by atoms with Crippen LogP contribution < -0.4 is 19.5 Å². The Morgan fingerprint density at radius 2 is 1.74 bits per heavy atom. The number of ether oxygens (including phenoxy) is 3. The second-order valence-corrected chi connectivity index (χ2v) is 7.73. The number of fused-ring (bicyclic) bond motifs is 3. The summed E-state index contributed by atoms with van der Waals surface area (Å²) in [4.78, 5) is 12.6. The van der Waals surface area contributed by atoms with Gasteiger partial charge in [0.15, 0.2) is 10.8 Å². The highest BCUT2D eigenvalue weighted by atomic mass is 32.2. The highest BCUT2D eigenvalue weighted by Gasteiger charge is 2.15. The Morgan fingerprint density at radius 3 is 2.48 bits per heavy atom. The summed E-state index contributed by atoms with van der Waals surface area (Å²) >= 11 is 1.31. The summed E-state index contributed by atoms with van der Waals surface area (Å²) < 4.78 is 17.9. The van der Waals surface area contributed by atoms with E-state index in [0.29, 0.717) is 22.3 Å². The summed E-state index contributed by atoms with van der Waals surface area (Å²) in [6, 6.07) is 13.1. The zero-order valence-corrected chi connectivity index (χ0v) is 18.4. The first-order chi connectivity index (χ1) is 15.0. The van der Waals surface area contributed by atoms with Crippen LogP contribution in [0.25, 0.3) is 16.6 Å². The molecule has 0 saturated carbocycles. The molecule has 160 valence electrons. The number of amides is 1. The molecule has 0 saturated heterocycles. The number of hydrogen-bond acceptors (Lipinski definition) is 7. The lowest BCUT2D eigenvalue weighted by Crippen LogP contribution is -2.15. The Balaban J connectivity index is 1.58. The van der Waals surface area contributed by atoms with E-state index in [1.165, 1.54) is 11.8 Å². The molecule has 0 unspecified atom stereocenters. The number of hydrogen-bond donors (Lipinski definition) is 1. The van der Waals surface area contributed by atoms with Crippen molar-refractivity contribution in [3.63, 3.8) is 0 Å². The van der Waals surface area contributed by atoms with E-state index in [2.05, 4.69) is 15.5 Å². The molecule has 0 aliphatic rings. The van der Waals surface area contributed by atoms with Gasteiger partial charge in [-0.05, 0) is 42.8 Å². The number of nitrogens with zero attached hydrogens (tertiary/aromatic N) is 3. The van der Waals surface area contributed by atoms with Crippen molar-refractivity contribution in [3.05, 3.63) is 48.0 Å². The predicted molar refractivity (Wildman–Crippen MR) is 121 cm³/mol. The molecular formula is C22H22N4O4S. The van der Waals surface area contributed by atoms with Crippen LogP contribution in [0, 0.1) is 6.92 Å². The van der Waals surface area contributed by atoms with Crippen molar-refractivity contribution >= 4 is 39.9 Å². The van der Waals surface area contributed by atoms with E-state index in [9.17, 15) is 4.79 Å². The first-order valence-corrected chi connectivity index (χ1v) is 10.5. The molecule has 2 heterocycles. The molecule has 0 atom stereocenters. The number of carbonyl (C=O) groups is 1. The lowest BCUT2D eigenvalue weighted by atomic mass is 10.1. The highest BCUT2D eigenvalue weighted by molar-refractivity contribution is 7.99. The summed E-state index contributed by atoms with van der Waals surface area (Å²) in [5, 5.41) is 13.1. The number of carbonyl (C=O) groups excluding carboxylic acids is 1. The van der Waals surface area contributed by atoms with Crippen molar-refractivity contribution in [1.29, 1.82) is 0 Å². The van der Waals surface area contributed by atoms with E-state index >= 15 is 0 Å². The standard InChI is InChI=1S/C22H22N4O4S/c1-13-9-20-24-25-22(26(20)18-10-14(28-2)5-7-16(13)18)31-12-21(27)23-17-8-6-15(29-3)11-19(17)30-4/h5-11H,12H2,1-4H3,(H,23,27). The lowest BCUT2D eigenvalue weighted by molar-refractivity contribution is -0.113. The summed E-state index contributed by atoms with van der Waals surface area (Å²) in [5.74, 6) is 1.90. The third-order valence-electron chi connectivity index (χ3n) is 4.89. The molecule has 0 aliphatic carbocycles. The number of aryl methyl sites for hydroxylation is 1. The van der Waals surface area contributed by atoms with E-state index in [-0.39, 0.29) is 11.7 Å². The van der Waals surface area contributed by atoms with Gasteiger partial charge in [0, 0.05) is 17.5 Å². The molecule has 0 spiro atoms. The van der Waals surface area contributed by atoms with Crippen molar-refractivity contribution in [1.82, 2.24) is 14.6 Å². The highest BCUT2D eigenvalue weighted by Crippen LogP contribution is 2.31. The average molecular weight is 439 g/mol. The van der Waals surface area contributed by atoms with Crippen LogP contribution in [0.1, 0.15) is 5.56 Å². The van der Waals surface area contributed by atoms with E-state index in [1.807, 2.05) is 35.6 Å². The maximum absolute atomic E-state index is 12.6. The normalized spacial score (nSPS) is 11.0. The molecule has 1 N–H and O–H groups in total. The van der Waals surface area contributed by atoms with Crippen LogP contribution in [0.4, 0.5) is 5.69 Å². The van der Waals surface area contributed by atoms with Gasteiger partial charge in [0.25, 0.3) is 0 Å². The quantitative estimate of drug-likeness (QED) is 0.437. The Kier molecular flexibility index (Phi) is 5.85. The third-order valence-corrected chi connectivity index (χ3v) is 5.82. The Morgan fingerprint density at radius 1 is 1.00 bits per heavy atom.